The van der Waals surface area contributed by atoms with Crippen LogP contribution < -0.4 is 10.1 Å². The van der Waals surface area contributed by atoms with Crippen molar-refractivity contribution in [2.24, 2.45) is 23.7 Å². The smallest absolute Gasteiger partial charge is 0.310 e. The molecule has 3 aliphatic rings. The second kappa shape index (κ2) is 5.00. The molecule has 0 radical (unpaired) electrons. The van der Waals surface area contributed by atoms with Gasteiger partial charge in [-0.15, -0.1) is 0 Å². The van der Waals surface area contributed by atoms with Crippen LogP contribution in [0.25, 0.3) is 0 Å². The summed E-state index contributed by atoms with van der Waals surface area (Å²) in [5.41, 5.74) is 0.735. The molecule has 1 saturated heterocycles. The number of nitrogens with one attached hydrogen (secondary N) is 1. The zero-order chi connectivity index (χ0) is 15.3. The molecule has 1 amide bonds. The van der Waals surface area contributed by atoms with Gasteiger partial charge in [0.25, 0.3) is 0 Å². The first-order valence-corrected chi connectivity index (χ1v) is 7.91. The van der Waals surface area contributed by atoms with Crippen molar-refractivity contribution in [1.82, 2.24) is 0 Å². The summed E-state index contributed by atoms with van der Waals surface area (Å²) in [6.07, 6.45) is 1.86. The van der Waals surface area contributed by atoms with Crippen LogP contribution in [-0.4, -0.2) is 24.6 Å². The highest BCUT2D eigenvalue weighted by Crippen LogP contribution is 2.57. The third-order valence-corrected chi connectivity index (χ3v) is 5.22. The van der Waals surface area contributed by atoms with Crippen LogP contribution in [0.4, 0.5) is 5.69 Å². The van der Waals surface area contributed by atoms with Gasteiger partial charge in [-0.05, 0) is 49.9 Å². The van der Waals surface area contributed by atoms with Gasteiger partial charge in [0.15, 0.2) is 0 Å². The lowest BCUT2D eigenvalue weighted by molar-refractivity contribution is -0.145. The van der Waals surface area contributed by atoms with Crippen LogP contribution in [0.5, 0.6) is 5.75 Å². The summed E-state index contributed by atoms with van der Waals surface area (Å²) in [5.74, 6) is 0.625. The molecule has 0 spiro atoms. The fourth-order valence-corrected chi connectivity index (χ4v) is 4.39. The summed E-state index contributed by atoms with van der Waals surface area (Å²) in [6, 6.07) is 7.32. The van der Waals surface area contributed by atoms with Crippen LogP contribution in [0.3, 0.4) is 0 Å². The Morgan fingerprint density at radius 3 is 2.82 bits per heavy atom. The van der Waals surface area contributed by atoms with Gasteiger partial charge in [-0.25, -0.2) is 0 Å². The Bertz CT molecular complexity index is 610. The van der Waals surface area contributed by atoms with Gasteiger partial charge in [-0.2, -0.15) is 0 Å². The third kappa shape index (κ3) is 1.99. The van der Waals surface area contributed by atoms with E-state index in [2.05, 4.69) is 5.32 Å². The lowest BCUT2D eigenvalue weighted by Crippen LogP contribution is -2.35. The minimum absolute atomic E-state index is 0.0565. The number of carbonyl (C=O) groups excluding carboxylic acids is 2. The highest BCUT2D eigenvalue weighted by atomic mass is 16.6. The number of esters is 1. The monoisotopic (exact) mass is 301 g/mol. The first kappa shape index (κ1) is 13.6. The Morgan fingerprint density at radius 2 is 2.09 bits per heavy atom. The minimum atomic E-state index is -0.234. The fraction of sp³-hybridized carbons (Fsp3) is 0.529. The number of hydrogen-bond donors (Lipinski definition) is 1. The maximum atomic E-state index is 12.6. The molecule has 2 saturated carbocycles. The fourth-order valence-electron chi connectivity index (χ4n) is 4.39. The Morgan fingerprint density at radius 1 is 1.32 bits per heavy atom. The van der Waals surface area contributed by atoms with Gasteiger partial charge < -0.3 is 14.8 Å². The molecule has 3 fully saturated rings. The lowest BCUT2D eigenvalue weighted by atomic mass is 9.79. The second-order valence-electron chi connectivity index (χ2n) is 6.37. The van der Waals surface area contributed by atoms with Gasteiger partial charge >= 0.3 is 5.97 Å². The zero-order valence-electron chi connectivity index (χ0n) is 12.5. The normalized spacial score (nSPS) is 34.6. The van der Waals surface area contributed by atoms with Crippen molar-refractivity contribution in [3.63, 3.8) is 0 Å². The van der Waals surface area contributed by atoms with Gasteiger partial charge in [0, 0.05) is 11.6 Å². The van der Waals surface area contributed by atoms with E-state index in [1.165, 1.54) is 0 Å². The number of hydrogen-bond acceptors (Lipinski definition) is 4. The van der Waals surface area contributed by atoms with E-state index in [1.807, 2.05) is 31.2 Å². The number of fused-ring (bicyclic) bond motifs is 1. The molecule has 0 unspecified atom stereocenters. The molecule has 1 aliphatic heterocycles. The number of rotatable bonds is 4. The summed E-state index contributed by atoms with van der Waals surface area (Å²) in [5, 5.41) is 2.94. The molecule has 2 aliphatic carbocycles. The predicted octanol–water partition coefficient (Wildman–Crippen LogP) is 2.22. The molecule has 1 N–H and O–H groups in total. The topological polar surface area (TPSA) is 64.6 Å². The number of ether oxygens (including phenoxy) is 2. The van der Waals surface area contributed by atoms with Crippen molar-refractivity contribution < 1.29 is 19.1 Å². The van der Waals surface area contributed by atoms with Gasteiger partial charge in [0.1, 0.15) is 11.9 Å². The molecule has 116 valence electrons. The maximum absolute atomic E-state index is 12.6. The van der Waals surface area contributed by atoms with Crippen molar-refractivity contribution in [2.75, 3.05) is 11.9 Å². The third-order valence-electron chi connectivity index (χ3n) is 5.22. The first-order chi connectivity index (χ1) is 10.7. The molecule has 5 atom stereocenters. The highest BCUT2D eigenvalue weighted by Gasteiger charge is 2.63. The summed E-state index contributed by atoms with van der Waals surface area (Å²) in [6.45, 7) is 2.54. The second-order valence-corrected chi connectivity index (χ2v) is 6.37. The van der Waals surface area contributed by atoms with Crippen molar-refractivity contribution in [3.8, 4) is 5.75 Å². The average Bonchev–Trinajstić information content (AvgIpc) is 3.11. The van der Waals surface area contributed by atoms with Crippen molar-refractivity contribution in [2.45, 2.75) is 25.9 Å². The lowest BCUT2D eigenvalue weighted by Gasteiger charge is -2.23. The Hall–Kier alpha value is -2.04. The van der Waals surface area contributed by atoms with Crippen molar-refractivity contribution in [3.05, 3.63) is 24.3 Å². The Labute approximate surface area is 129 Å². The number of benzene rings is 1. The van der Waals surface area contributed by atoms with E-state index in [0.29, 0.717) is 6.61 Å². The molecular formula is C17H19NO4. The summed E-state index contributed by atoms with van der Waals surface area (Å²) in [4.78, 5) is 24.6. The molecular weight excluding hydrogens is 282 g/mol. The molecule has 5 heteroatoms. The molecule has 0 aromatic heterocycles. The molecule has 1 heterocycles. The van der Waals surface area contributed by atoms with E-state index in [0.717, 1.165) is 24.3 Å². The zero-order valence-corrected chi connectivity index (χ0v) is 12.5. The quantitative estimate of drug-likeness (QED) is 0.866. The van der Waals surface area contributed by atoms with Crippen LogP contribution in [-0.2, 0) is 14.3 Å². The van der Waals surface area contributed by atoms with E-state index in [-0.39, 0.29) is 41.7 Å². The van der Waals surface area contributed by atoms with Crippen molar-refractivity contribution in [1.29, 1.82) is 0 Å². The summed E-state index contributed by atoms with van der Waals surface area (Å²) < 4.78 is 10.8. The number of carbonyl (C=O) groups is 2. The SMILES string of the molecule is CCOc1ccc(NC(=O)[C@H]2[C@@H]3C[C@@H]4[C@@H]2C(=O)O[C@@H]4C3)cc1. The van der Waals surface area contributed by atoms with Crippen LogP contribution in [0.15, 0.2) is 24.3 Å². The highest BCUT2D eigenvalue weighted by molar-refractivity contribution is 5.97. The molecule has 22 heavy (non-hydrogen) atoms. The standard InChI is InChI=1S/C17H19NO4/c1-2-21-11-5-3-10(4-6-11)18-16(19)14-9-7-12-13(8-9)22-17(20)15(12)14/h3-6,9,12-15H,2,7-8H2,1H3,(H,18,19)/t9-,12+,13-,14+,15+/m1/s1. The van der Waals surface area contributed by atoms with Gasteiger partial charge in [0.2, 0.25) is 5.91 Å². The number of amides is 1. The van der Waals surface area contributed by atoms with Crippen LogP contribution >= 0.6 is 0 Å². The van der Waals surface area contributed by atoms with E-state index >= 15 is 0 Å². The van der Waals surface area contributed by atoms with Gasteiger partial charge in [0.05, 0.1) is 18.4 Å². The summed E-state index contributed by atoms with van der Waals surface area (Å²) >= 11 is 0. The molecule has 5 nitrogen and oxygen atoms in total. The number of anilines is 1. The van der Waals surface area contributed by atoms with Gasteiger partial charge in [-0.1, -0.05) is 0 Å². The molecule has 4 rings (SSSR count). The van der Waals surface area contributed by atoms with E-state index < -0.39 is 0 Å². The Kier molecular flexibility index (Phi) is 3.10. The minimum Gasteiger partial charge on any atom is -0.494 e. The summed E-state index contributed by atoms with van der Waals surface area (Å²) in [7, 11) is 0. The van der Waals surface area contributed by atoms with Crippen LogP contribution in [0.2, 0.25) is 0 Å². The van der Waals surface area contributed by atoms with Crippen LogP contribution in [0, 0.1) is 23.7 Å². The largest absolute Gasteiger partial charge is 0.494 e. The van der Waals surface area contributed by atoms with Crippen molar-refractivity contribution >= 4 is 17.6 Å². The molecule has 1 aromatic rings. The molecule has 1 aromatic carbocycles. The molecule has 2 bridgehead atoms. The van der Waals surface area contributed by atoms with E-state index in [1.54, 1.807) is 0 Å². The van der Waals surface area contributed by atoms with E-state index in [4.69, 9.17) is 9.47 Å². The Balaban J connectivity index is 1.47. The first-order valence-electron chi connectivity index (χ1n) is 7.91. The maximum Gasteiger partial charge on any atom is 0.310 e. The van der Waals surface area contributed by atoms with E-state index in [9.17, 15) is 9.59 Å². The van der Waals surface area contributed by atoms with Crippen LogP contribution in [0.1, 0.15) is 19.8 Å². The predicted molar refractivity (Wildman–Crippen MR) is 79.3 cm³/mol. The average molecular weight is 301 g/mol. The van der Waals surface area contributed by atoms with Gasteiger partial charge in [-0.3, -0.25) is 9.59 Å².